The monoisotopic (exact) mass is 190 g/mol. The maximum Gasteiger partial charge on any atom is 0.0531 e. The summed E-state index contributed by atoms with van der Waals surface area (Å²) < 4.78 is 0. The van der Waals surface area contributed by atoms with Crippen molar-refractivity contribution in [3.63, 3.8) is 0 Å². The standard InChI is InChI=1S/C10H22O3/c1-9(2)4-3-5-10(6-11,7-12)8-13/h9,11-13H,3-8H2,1-2H3. The lowest BCUT2D eigenvalue weighted by atomic mass is 9.84. The van der Waals surface area contributed by atoms with Crippen molar-refractivity contribution in [1.29, 1.82) is 0 Å². The van der Waals surface area contributed by atoms with Crippen LogP contribution in [0.1, 0.15) is 33.1 Å². The summed E-state index contributed by atoms with van der Waals surface area (Å²) in [5.74, 6) is 0.633. The first-order valence-corrected chi connectivity index (χ1v) is 4.93. The Bertz CT molecular complexity index is 111. The van der Waals surface area contributed by atoms with E-state index in [2.05, 4.69) is 13.8 Å². The summed E-state index contributed by atoms with van der Waals surface area (Å²) in [5, 5.41) is 27.1. The topological polar surface area (TPSA) is 60.7 Å². The van der Waals surface area contributed by atoms with E-state index in [0.29, 0.717) is 12.3 Å². The van der Waals surface area contributed by atoms with Gasteiger partial charge < -0.3 is 15.3 Å². The lowest BCUT2D eigenvalue weighted by molar-refractivity contribution is -0.00273. The molecule has 0 saturated carbocycles. The summed E-state index contributed by atoms with van der Waals surface area (Å²) in [7, 11) is 0. The van der Waals surface area contributed by atoms with Crippen molar-refractivity contribution in [2.45, 2.75) is 33.1 Å². The van der Waals surface area contributed by atoms with Gasteiger partial charge in [-0.05, 0) is 12.3 Å². The van der Waals surface area contributed by atoms with Crippen LogP contribution in [0.5, 0.6) is 0 Å². The van der Waals surface area contributed by atoms with Gasteiger partial charge >= 0.3 is 0 Å². The smallest absolute Gasteiger partial charge is 0.0531 e. The predicted octanol–water partition coefficient (Wildman–Crippen LogP) is 0.776. The van der Waals surface area contributed by atoms with Gasteiger partial charge in [0, 0.05) is 5.41 Å². The minimum atomic E-state index is -0.672. The van der Waals surface area contributed by atoms with Gasteiger partial charge in [-0.2, -0.15) is 0 Å². The molecule has 0 saturated heterocycles. The molecule has 0 amide bonds. The van der Waals surface area contributed by atoms with Gasteiger partial charge in [-0.3, -0.25) is 0 Å². The summed E-state index contributed by atoms with van der Waals surface area (Å²) in [6, 6.07) is 0. The van der Waals surface area contributed by atoms with Gasteiger partial charge in [-0.25, -0.2) is 0 Å². The van der Waals surface area contributed by atoms with E-state index < -0.39 is 5.41 Å². The normalized spacial score (nSPS) is 12.5. The average Bonchev–Trinajstić information content (AvgIpc) is 2.13. The highest BCUT2D eigenvalue weighted by molar-refractivity contribution is 4.76. The molecule has 3 N–H and O–H groups in total. The first-order valence-electron chi connectivity index (χ1n) is 4.93. The average molecular weight is 190 g/mol. The fourth-order valence-electron chi connectivity index (χ4n) is 1.27. The fourth-order valence-corrected chi connectivity index (χ4v) is 1.27. The second kappa shape index (κ2) is 6.35. The highest BCUT2D eigenvalue weighted by atomic mass is 16.3. The Labute approximate surface area is 80.4 Å². The number of hydrogen-bond acceptors (Lipinski definition) is 3. The van der Waals surface area contributed by atoms with Crippen LogP contribution >= 0.6 is 0 Å². The Balaban J connectivity index is 3.81. The molecule has 3 heteroatoms. The van der Waals surface area contributed by atoms with Crippen molar-refractivity contribution >= 4 is 0 Å². The number of aliphatic hydroxyl groups excluding tert-OH is 3. The van der Waals surface area contributed by atoms with Gasteiger partial charge in [-0.15, -0.1) is 0 Å². The summed E-state index contributed by atoms with van der Waals surface area (Å²) in [6.07, 6.45) is 2.70. The minimum Gasteiger partial charge on any atom is -0.396 e. The number of rotatable bonds is 7. The molecule has 0 aromatic heterocycles. The molecule has 0 spiro atoms. The zero-order chi connectivity index (χ0) is 10.3. The molecule has 0 heterocycles. The molecule has 0 aromatic carbocycles. The van der Waals surface area contributed by atoms with E-state index >= 15 is 0 Å². The molecule has 13 heavy (non-hydrogen) atoms. The van der Waals surface area contributed by atoms with Gasteiger partial charge in [-0.1, -0.05) is 26.7 Å². The molecule has 0 aliphatic rings. The Kier molecular flexibility index (Phi) is 6.29. The Morgan fingerprint density at radius 2 is 1.46 bits per heavy atom. The summed E-state index contributed by atoms with van der Waals surface area (Å²) in [6.45, 7) is 3.85. The third kappa shape index (κ3) is 4.60. The molecule has 0 fully saturated rings. The quantitative estimate of drug-likeness (QED) is 0.556. The van der Waals surface area contributed by atoms with Crippen LogP contribution in [0.2, 0.25) is 0 Å². The molecular weight excluding hydrogens is 168 g/mol. The van der Waals surface area contributed by atoms with E-state index in [9.17, 15) is 0 Å². The highest BCUT2D eigenvalue weighted by Crippen LogP contribution is 2.24. The SMILES string of the molecule is CC(C)CCCC(CO)(CO)CO. The summed E-state index contributed by atoms with van der Waals surface area (Å²) >= 11 is 0. The largest absolute Gasteiger partial charge is 0.396 e. The van der Waals surface area contributed by atoms with Crippen LogP contribution in [0.15, 0.2) is 0 Å². The lowest BCUT2D eigenvalue weighted by Crippen LogP contribution is -2.33. The van der Waals surface area contributed by atoms with E-state index in [1.807, 2.05) is 0 Å². The van der Waals surface area contributed by atoms with E-state index in [4.69, 9.17) is 15.3 Å². The first kappa shape index (κ1) is 12.9. The second-order valence-corrected chi connectivity index (χ2v) is 4.26. The molecule has 0 atom stereocenters. The molecule has 3 nitrogen and oxygen atoms in total. The zero-order valence-electron chi connectivity index (χ0n) is 8.66. The zero-order valence-corrected chi connectivity index (χ0v) is 8.66. The van der Waals surface area contributed by atoms with Gasteiger partial charge in [0.1, 0.15) is 0 Å². The second-order valence-electron chi connectivity index (χ2n) is 4.26. The van der Waals surface area contributed by atoms with E-state index in [1.165, 1.54) is 0 Å². The van der Waals surface area contributed by atoms with Crippen molar-refractivity contribution in [2.75, 3.05) is 19.8 Å². The molecular formula is C10H22O3. The van der Waals surface area contributed by atoms with Crippen molar-refractivity contribution in [2.24, 2.45) is 11.3 Å². The van der Waals surface area contributed by atoms with Gasteiger partial charge in [0.15, 0.2) is 0 Å². The molecule has 0 bridgehead atoms. The summed E-state index contributed by atoms with van der Waals surface area (Å²) in [4.78, 5) is 0. The van der Waals surface area contributed by atoms with Gasteiger partial charge in [0.05, 0.1) is 19.8 Å². The highest BCUT2D eigenvalue weighted by Gasteiger charge is 2.27. The van der Waals surface area contributed by atoms with Gasteiger partial charge in [0.25, 0.3) is 0 Å². The Morgan fingerprint density at radius 1 is 1.00 bits per heavy atom. The van der Waals surface area contributed by atoms with E-state index in [0.717, 1.165) is 12.8 Å². The maximum atomic E-state index is 9.02. The van der Waals surface area contributed by atoms with Gasteiger partial charge in [0.2, 0.25) is 0 Å². The lowest BCUT2D eigenvalue weighted by Gasteiger charge is -2.27. The number of aliphatic hydroxyl groups is 3. The van der Waals surface area contributed by atoms with Crippen LogP contribution in [0, 0.1) is 11.3 Å². The minimum absolute atomic E-state index is 0.141. The Hall–Kier alpha value is -0.120. The van der Waals surface area contributed by atoms with Crippen LogP contribution in [0.25, 0.3) is 0 Å². The molecule has 0 aliphatic heterocycles. The van der Waals surface area contributed by atoms with Crippen molar-refractivity contribution in [1.82, 2.24) is 0 Å². The summed E-state index contributed by atoms with van der Waals surface area (Å²) in [5.41, 5.74) is -0.672. The first-order chi connectivity index (χ1) is 6.10. The van der Waals surface area contributed by atoms with Crippen molar-refractivity contribution in [3.8, 4) is 0 Å². The van der Waals surface area contributed by atoms with Crippen LogP contribution in [-0.2, 0) is 0 Å². The van der Waals surface area contributed by atoms with Crippen LogP contribution < -0.4 is 0 Å². The molecule has 80 valence electrons. The van der Waals surface area contributed by atoms with Crippen LogP contribution in [0.3, 0.4) is 0 Å². The van der Waals surface area contributed by atoms with Crippen LogP contribution in [0.4, 0.5) is 0 Å². The molecule has 0 rings (SSSR count). The van der Waals surface area contributed by atoms with E-state index in [-0.39, 0.29) is 19.8 Å². The molecule has 0 aromatic rings. The van der Waals surface area contributed by atoms with Crippen molar-refractivity contribution in [3.05, 3.63) is 0 Å². The van der Waals surface area contributed by atoms with Crippen molar-refractivity contribution < 1.29 is 15.3 Å². The predicted molar refractivity (Wildman–Crippen MR) is 52.4 cm³/mol. The van der Waals surface area contributed by atoms with Crippen LogP contribution in [-0.4, -0.2) is 35.1 Å². The number of hydrogen-bond donors (Lipinski definition) is 3. The molecule has 0 aliphatic carbocycles. The molecule has 0 unspecified atom stereocenters. The van der Waals surface area contributed by atoms with E-state index in [1.54, 1.807) is 0 Å². The Morgan fingerprint density at radius 3 is 1.77 bits per heavy atom. The molecule has 0 radical (unpaired) electrons. The fraction of sp³-hybridized carbons (Fsp3) is 1.00. The third-order valence-electron chi connectivity index (χ3n) is 2.49. The maximum absolute atomic E-state index is 9.02. The third-order valence-corrected chi connectivity index (χ3v) is 2.49.